The predicted molar refractivity (Wildman–Crippen MR) is 91.4 cm³/mol. The van der Waals surface area contributed by atoms with E-state index in [0.717, 1.165) is 5.56 Å². The van der Waals surface area contributed by atoms with Gasteiger partial charge in [-0.1, -0.05) is 25.1 Å². The summed E-state index contributed by atoms with van der Waals surface area (Å²) >= 11 is 0. The van der Waals surface area contributed by atoms with Gasteiger partial charge in [0, 0.05) is 18.4 Å². The number of amides is 1. The van der Waals surface area contributed by atoms with E-state index in [2.05, 4.69) is 5.32 Å². The number of Topliss-reactive ketones (excluding diaryl/α,β-unsaturated/α-hetero) is 1. The zero-order chi connectivity index (χ0) is 18.3. The van der Waals surface area contributed by atoms with Crippen LogP contribution in [0.1, 0.15) is 25.3 Å². The van der Waals surface area contributed by atoms with Gasteiger partial charge in [-0.05, 0) is 18.1 Å². The van der Waals surface area contributed by atoms with Crippen molar-refractivity contribution in [2.75, 3.05) is 18.8 Å². The molecular weight excluding hydrogens is 336 g/mol. The molecule has 5 heterocycles. The van der Waals surface area contributed by atoms with Crippen LogP contribution in [0.15, 0.2) is 24.3 Å². The Morgan fingerprint density at radius 3 is 2.96 bits per heavy atom. The molecule has 2 unspecified atom stereocenters. The van der Waals surface area contributed by atoms with Crippen LogP contribution in [0.4, 0.5) is 5.69 Å². The number of nitrogens with zero attached hydrogens (tertiary/aromatic N) is 1. The highest BCUT2D eigenvalue weighted by molar-refractivity contribution is 6.08. The van der Waals surface area contributed by atoms with Crippen molar-refractivity contribution in [1.29, 1.82) is 0 Å². The highest BCUT2D eigenvalue weighted by Gasteiger charge is 2.75. The second-order valence-electron chi connectivity index (χ2n) is 7.68. The Morgan fingerprint density at radius 1 is 1.46 bits per heavy atom. The zero-order valence-electron chi connectivity index (χ0n) is 14.8. The Morgan fingerprint density at radius 2 is 2.23 bits per heavy atom. The number of hydroxylamine groups is 1. The maximum absolute atomic E-state index is 13.5. The molecule has 0 saturated carbocycles. The molecule has 7 heteroatoms. The van der Waals surface area contributed by atoms with Crippen LogP contribution in [0.2, 0.25) is 0 Å². The molecule has 26 heavy (non-hydrogen) atoms. The minimum atomic E-state index is -1.08. The van der Waals surface area contributed by atoms with E-state index >= 15 is 0 Å². The smallest absolute Gasteiger partial charge is 0.264 e. The lowest BCUT2D eigenvalue weighted by Crippen LogP contribution is -2.82. The number of anilines is 1. The fourth-order valence-electron chi connectivity index (χ4n) is 5.73. The number of aliphatic hydroxyl groups is 1. The molecule has 4 saturated heterocycles. The van der Waals surface area contributed by atoms with Gasteiger partial charge >= 0.3 is 0 Å². The first-order chi connectivity index (χ1) is 12.5. The van der Waals surface area contributed by atoms with Gasteiger partial charge in [0.15, 0.2) is 5.78 Å². The lowest BCUT2D eigenvalue weighted by molar-refractivity contribution is -0.197. The fourth-order valence-corrected chi connectivity index (χ4v) is 5.73. The van der Waals surface area contributed by atoms with Crippen molar-refractivity contribution in [2.45, 2.75) is 49.0 Å². The van der Waals surface area contributed by atoms with E-state index in [1.807, 2.05) is 24.3 Å². The molecule has 6 rings (SSSR count). The van der Waals surface area contributed by atoms with Gasteiger partial charge in [0.25, 0.3) is 5.91 Å². The number of hydrogen-bond acceptors (Lipinski definition) is 6. The average molecular weight is 358 g/mol. The molecule has 138 valence electrons. The molecule has 1 spiro atoms. The van der Waals surface area contributed by atoms with E-state index in [1.165, 1.54) is 12.2 Å². The standard InChI is InChI=1S/C19H22N2O5/c1-3-14(22)19-11-9-26-16(15(19)23)18(8-12(11)20-19)10-6-4-5-7-13(10)21(25-2)17(18)24/h4-7,11-12,15-16,20,23H,3,8-9H2,1-2H3/t11-,12-,15-,16?,18?,19+/m0/s1. The van der Waals surface area contributed by atoms with Crippen LogP contribution in [-0.2, 0) is 24.6 Å². The van der Waals surface area contributed by atoms with Crippen LogP contribution < -0.4 is 10.4 Å². The van der Waals surface area contributed by atoms with Crippen LogP contribution in [0, 0.1) is 5.92 Å². The van der Waals surface area contributed by atoms with Gasteiger partial charge in [-0.25, -0.2) is 0 Å². The summed E-state index contributed by atoms with van der Waals surface area (Å²) in [5.41, 5.74) is -0.578. The third-order valence-electron chi connectivity index (χ3n) is 6.87. The Balaban J connectivity index is 1.71. The molecule has 0 aliphatic carbocycles. The van der Waals surface area contributed by atoms with Gasteiger partial charge in [-0.15, -0.1) is 0 Å². The average Bonchev–Trinajstić information content (AvgIpc) is 2.73. The van der Waals surface area contributed by atoms with Crippen molar-refractivity contribution in [3.63, 3.8) is 0 Å². The summed E-state index contributed by atoms with van der Waals surface area (Å²) < 4.78 is 6.05. The summed E-state index contributed by atoms with van der Waals surface area (Å²) in [6.07, 6.45) is -1.06. The van der Waals surface area contributed by atoms with E-state index in [4.69, 9.17) is 9.57 Å². The third-order valence-corrected chi connectivity index (χ3v) is 6.87. The van der Waals surface area contributed by atoms with Crippen LogP contribution >= 0.6 is 0 Å². The largest absolute Gasteiger partial charge is 0.388 e. The second kappa shape index (κ2) is 5.13. The molecule has 5 aliphatic rings. The Bertz CT molecular complexity index is 813. The molecule has 6 atom stereocenters. The molecule has 5 aliphatic heterocycles. The minimum absolute atomic E-state index is 0.0149. The molecule has 2 N–H and O–H groups in total. The van der Waals surface area contributed by atoms with E-state index in [0.29, 0.717) is 25.1 Å². The molecule has 0 aromatic heterocycles. The van der Waals surface area contributed by atoms with Crippen molar-refractivity contribution in [1.82, 2.24) is 5.32 Å². The maximum Gasteiger partial charge on any atom is 0.264 e. The first kappa shape index (κ1) is 16.4. The van der Waals surface area contributed by atoms with E-state index in [9.17, 15) is 14.7 Å². The number of ether oxygens (including phenoxy) is 1. The molecule has 1 aromatic carbocycles. The van der Waals surface area contributed by atoms with Crippen molar-refractivity contribution >= 4 is 17.4 Å². The number of ketones is 1. The maximum atomic E-state index is 13.5. The van der Waals surface area contributed by atoms with Gasteiger partial charge in [0.1, 0.15) is 23.2 Å². The number of hydrogen-bond donors (Lipinski definition) is 2. The van der Waals surface area contributed by atoms with Crippen LogP contribution in [0.3, 0.4) is 0 Å². The topological polar surface area (TPSA) is 88.1 Å². The highest BCUT2D eigenvalue weighted by Crippen LogP contribution is 2.58. The first-order valence-electron chi connectivity index (χ1n) is 9.11. The number of fused-ring (bicyclic) bond motifs is 2. The Hall–Kier alpha value is -1.80. The summed E-state index contributed by atoms with van der Waals surface area (Å²) in [7, 11) is 1.46. The van der Waals surface area contributed by atoms with Gasteiger partial charge in [0.2, 0.25) is 0 Å². The summed E-state index contributed by atoms with van der Waals surface area (Å²) in [5, 5.41) is 15.9. The molecule has 1 amide bonds. The SMILES string of the molecule is CCC(=O)[C@]12N[C@H]3CC4(C(=O)N(OC)c5ccccc54)C(OC[C@@H]31)[C@@H]2O. The molecule has 1 aromatic rings. The Labute approximate surface area is 151 Å². The van der Waals surface area contributed by atoms with Crippen LogP contribution in [0.25, 0.3) is 0 Å². The number of carbonyl (C=O) groups is 2. The minimum Gasteiger partial charge on any atom is -0.388 e. The highest BCUT2D eigenvalue weighted by atomic mass is 16.7. The summed E-state index contributed by atoms with van der Waals surface area (Å²) in [6, 6.07) is 7.40. The first-order valence-corrected chi connectivity index (χ1v) is 9.11. The number of carbonyl (C=O) groups excluding carboxylic acids is 2. The molecule has 0 radical (unpaired) electrons. The number of nitrogens with one attached hydrogen (secondary N) is 1. The third kappa shape index (κ3) is 1.55. The lowest BCUT2D eigenvalue weighted by Gasteiger charge is -2.58. The van der Waals surface area contributed by atoms with Gasteiger partial charge in [-0.3, -0.25) is 19.7 Å². The summed E-state index contributed by atoms with van der Waals surface area (Å²) in [6.45, 7) is 2.17. The zero-order valence-corrected chi connectivity index (χ0v) is 14.8. The number of benzene rings is 1. The van der Waals surface area contributed by atoms with Gasteiger partial charge in [-0.2, -0.15) is 5.06 Å². The van der Waals surface area contributed by atoms with Gasteiger partial charge < -0.3 is 9.84 Å². The molecule has 4 fully saturated rings. The number of aliphatic hydroxyl groups excluding tert-OH is 1. The fraction of sp³-hybridized carbons (Fsp3) is 0.579. The number of para-hydroxylation sites is 1. The summed E-state index contributed by atoms with van der Waals surface area (Å²) in [5.74, 6) is -0.365. The molecular formula is C19H22N2O5. The lowest BCUT2D eigenvalue weighted by atomic mass is 9.64. The monoisotopic (exact) mass is 358 g/mol. The van der Waals surface area contributed by atoms with Crippen LogP contribution in [-0.4, -0.2) is 54.3 Å². The quantitative estimate of drug-likeness (QED) is 0.808. The Kier molecular flexibility index (Phi) is 3.23. The number of rotatable bonds is 3. The second-order valence-corrected chi connectivity index (χ2v) is 7.68. The molecule has 4 bridgehead atoms. The van der Waals surface area contributed by atoms with E-state index in [-0.39, 0.29) is 23.7 Å². The van der Waals surface area contributed by atoms with Crippen molar-refractivity contribution in [3.05, 3.63) is 29.8 Å². The normalized spacial score (nSPS) is 42.6. The van der Waals surface area contributed by atoms with E-state index < -0.39 is 23.2 Å². The van der Waals surface area contributed by atoms with Crippen molar-refractivity contribution in [2.24, 2.45) is 5.92 Å². The summed E-state index contributed by atoms with van der Waals surface area (Å²) in [4.78, 5) is 31.6. The molecule has 7 nitrogen and oxygen atoms in total. The van der Waals surface area contributed by atoms with Gasteiger partial charge in [0.05, 0.1) is 19.4 Å². The van der Waals surface area contributed by atoms with Crippen molar-refractivity contribution < 1.29 is 24.3 Å². The van der Waals surface area contributed by atoms with Crippen LogP contribution in [0.5, 0.6) is 0 Å². The predicted octanol–water partition coefficient (Wildman–Crippen LogP) is 0.302. The van der Waals surface area contributed by atoms with Crippen molar-refractivity contribution in [3.8, 4) is 0 Å². The van der Waals surface area contributed by atoms with E-state index in [1.54, 1.807) is 6.92 Å².